The minimum atomic E-state index is -0.452. The first-order valence-corrected chi connectivity index (χ1v) is 6.73. The summed E-state index contributed by atoms with van der Waals surface area (Å²) in [7, 11) is 4.61. The third-order valence-corrected chi connectivity index (χ3v) is 3.08. The standard InChI is InChI=1S/C15H22N2O4.ClH/c1-16-10-14(18)17-9-12(15(19)21-3)8-11-6-4-5-7-13(11)20-2;/h4-7,12,16H,8-10H2,1-3H3,(H,17,18);1H. The van der Waals surface area contributed by atoms with Crippen molar-refractivity contribution in [3.05, 3.63) is 29.8 Å². The number of hydrogen-bond acceptors (Lipinski definition) is 5. The lowest BCUT2D eigenvalue weighted by molar-refractivity contribution is -0.145. The van der Waals surface area contributed by atoms with Gasteiger partial charge in [-0.25, -0.2) is 0 Å². The van der Waals surface area contributed by atoms with Crippen molar-refractivity contribution in [1.82, 2.24) is 10.6 Å². The average Bonchev–Trinajstić information content (AvgIpc) is 2.51. The van der Waals surface area contributed by atoms with Crippen molar-refractivity contribution < 1.29 is 19.1 Å². The van der Waals surface area contributed by atoms with Crippen LogP contribution in [0.3, 0.4) is 0 Å². The second-order valence-electron chi connectivity index (χ2n) is 4.57. The molecule has 0 aliphatic carbocycles. The Labute approximate surface area is 137 Å². The molecule has 0 aromatic heterocycles. The summed E-state index contributed by atoms with van der Waals surface area (Å²) < 4.78 is 10.1. The fourth-order valence-electron chi connectivity index (χ4n) is 2.00. The summed E-state index contributed by atoms with van der Waals surface area (Å²) in [4.78, 5) is 23.3. The number of halogens is 1. The van der Waals surface area contributed by atoms with Gasteiger partial charge >= 0.3 is 5.97 Å². The molecule has 6 nitrogen and oxygen atoms in total. The number of amides is 1. The van der Waals surface area contributed by atoms with Crippen LogP contribution < -0.4 is 15.4 Å². The Morgan fingerprint density at radius 3 is 2.50 bits per heavy atom. The number of esters is 1. The Hall–Kier alpha value is -1.79. The maximum atomic E-state index is 11.9. The first-order valence-electron chi connectivity index (χ1n) is 6.73. The van der Waals surface area contributed by atoms with Crippen molar-refractivity contribution in [3.63, 3.8) is 0 Å². The van der Waals surface area contributed by atoms with Gasteiger partial charge in [0.25, 0.3) is 0 Å². The fraction of sp³-hybridized carbons (Fsp3) is 0.467. The molecule has 0 aliphatic heterocycles. The molecule has 0 bridgehead atoms. The first kappa shape index (κ1) is 20.2. The SMILES string of the molecule is CNCC(=O)NCC(Cc1ccccc1OC)C(=O)OC.Cl. The van der Waals surface area contributed by atoms with Gasteiger partial charge in [-0.15, -0.1) is 12.4 Å². The molecule has 0 spiro atoms. The molecule has 0 aliphatic rings. The van der Waals surface area contributed by atoms with E-state index in [-0.39, 0.29) is 37.4 Å². The fourth-order valence-corrected chi connectivity index (χ4v) is 2.00. The van der Waals surface area contributed by atoms with Crippen molar-refractivity contribution in [2.24, 2.45) is 5.92 Å². The van der Waals surface area contributed by atoms with Crippen LogP contribution in [0.25, 0.3) is 0 Å². The summed E-state index contributed by atoms with van der Waals surface area (Å²) in [5.41, 5.74) is 0.901. The monoisotopic (exact) mass is 330 g/mol. The van der Waals surface area contributed by atoms with Crippen LogP contribution in [0.5, 0.6) is 5.75 Å². The van der Waals surface area contributed by atoms with Gasteiger partial charge in [-0.05, 0) is 25.1 Å². The number of nitrogens with one attached hydrogen (secondary N) is 2. The van der Waals surface area contributed by atoms with Gasteiger partial charge in [-0.1, -0.05) is 18.2 Å². The van der Waals surface area contributed by atoms with E-state index in [2.05, 4.69) is 10.6 Å². The molecule has 1 aromatic carbocycles. The van der Waals surface area contributed by atoms with Crippen LogP contribution in [0.4, 0.5) is 0 Å². The molecular weight excluding hydrogens is 308 g/mol. The normalized spacial score (nSPS) is 11.0. The molecule has 1 amide bonds. The van der Waals surface area contributed by atoms with E-state index in [1.807, 2.05) is 24.3 Å². The van der Waals surface area contributed by atoms with E-state index in [0.717, 1.165) is 5.56 Å². The Kier molecular flexibility index (Phi) is 9.98. The van der Waals surface area contributed by atoms with Crippen molar-refractivity contribution in [2.45, 2.75) is 6.42 Å². The summed E-state index contributed by atoms with van der Waals surface area (Å²) in [5.74, 6) is -0.253. The van der Waals surface area contributed by atoms with E-state index in [4.69, 9.17) is 9.47 Å². The second kappa shape index (κ2) is 10.9. The summed E-state index contributed by atoms with van der Waals surface area (Å²) in [6, 6.07) is 7.48. The molecule has 22 heavy (non-hydrogen) atoms. The van der Waals surface area contributed by atoms with Gasteiger partial charge in [0.2, 0.25) is 5.91 Å². The minimum absolute atomic E-state index is 0. The molecule has 1 unspecified atom stereocenters. The number of methoxy groups -OCH3 is 2. The Morgan fingerprint density at radius 2 is 1.91 bits per heavy atom. The zero-order chi connectivity index (χ0) is 15.7. The predicted octanol–water partition coefficient (Wildman–Crippen LogP) is 0.784. The predicted molar refractivity (Wildman–Crippen MR) is 86.4 cm³/mol. The summed E-state index contributed by atoms with van der Waals surface area (Å²) in [6.07, 6.45) is 0.441. The Bertz CT molecular complexity index is 482. The lowest BCUT2D eigenvalue weighted by Gasteiger charge is -2.17. The van der Waals surface area contributed by atoms with Crippen LogP contribution in [0, 0.1) is 5.92 Å². The highest BCUT2D eigenvalue weighted by molar-refractivity contribution is 5.85. The highest BCUT2D eigenvalue weighted by atomic mass is 35.5. The van der Waals surface area contributed by atoms with E-state index in [1.165, 1.54) is 7.11 Å². The Morgan fingerprint density at radius 1 is 1.23 bits per heavy atom. The third kappa shape index (κ3) is 6.32. The number of rotatable bonds is 8. The van der Waals surface area contributed by atoms with Gasteiger partial charge in [-0.3, -0.25) is 9.59 Å². The third-order valence-electron chi connectivity index (χ3n) is 3.08. The van der Waals surface area contributed by atoms with Gasteiger partial charge in [-0.2, -0.15) is 0 Å². The second-order valence-corrected chi connectivity index (χ2v) is 4.57. The summed E-state index contributed by atoms with van der Waals surface area (Å²) in [6.45, 7) is 0.438. The van der Waals surface area contributed by atoms with Gasteiger partial charge in [0, 0.05) is 6.54 Å². The number of likely N-dealkylation sites (N-methyl/N-ethyl adjacent to an activating group) is 1. The highest BCUT2D eigenvalue weighted by Gasteiger charge is 2.21. The number of carbonyl (C=O) groups is 2. The minimum Gasteiger partial charge on any atom is -0.496 e. The molecule has 2 N–H and O–H groups in total. The van der Waals surface area contributed by atoms with Crippen molar-refractivity contribution in [2.75, 3.05) is 34.4 Å². The van der Waals surface area contributed by atoms with Crippen LogP contribution >= 0.6 is 12.4 Å². The molecule has 1 atom stereocenters. The maximum Gasteiger partial charge on any atom is 0.310 e. The summed E-state index contributed by atoms with van der Waals surface area (Å²) in [5, 5.41) is 5.47. The van der Waals surface area contributed by atoms with Crippen LogP contribution in [0.1, 0.15) is 5.56 Å². The van der Waals surface area contributed by atoms with Crippen LogP contribution in [-0.4, -0.2) is 46.2 Å². The largest absolute Gasteiger partial charge is 0.496 e. The highest BCUT2D eigenvalue weighted by Crippen LogP contribution is 2.21. The first-order chi connectivity index (χ1) is 10.1. The zero-order valence-electron chi connectivity index (χ0n) is 13.0. The summed E-state index contributed by atoms with van der Waals surface area (Å²) >= 11 is 0. The number of hydrogen-bond donors (Lipinski definition) is 2. The molecule has 1 rings (SSSR count). The van der Waals surface area contributed by atoms with E-state index in [9.17, 15) is 9.59 Å². The van der Waals surface area contributed by atoms with Crippen molar-refractivity contribution in [1.29, 1.82) is 0 Å². The van der Waals surface area contributed by atoms with Gasteiger partial charge in [0.1, 0.15) is 5.75 Å². The van der Waals surface area contributed by atoms with Gasteiger partial charge in [0.15, 0.2) is 0 Å². The quantitative estimate of drug-likeness (QED) is 0.689. The lowest BCUT2D eigenvalue weighted by atomic mass is 9.98. The molecule has 1 aromatic rings. The topological polar surface area (TPSA) is 76.7 Å². The Balaban J connectivity index is 0.00000441. The maximum absolute atomic E-state index is 11.9. The van der Waals surface area contributed by atoms with E-state index in [0.29, 0.717) is 12.2 Å². The molecule has 0 saturated heterocycles. The van der Waals surface area contributed by atoms with E-state index < -0.39 is 5.92 Å². The zero-order valence-corrected chi connectivity index (χ0v) is 13.9. The van der Waals surface area contributed by atoms with Crippen molar-refractivity contribution >= 4 is 24.3 Å². The molecule has 7 heteroatoms. The van der Waals surface area contributed by atoms with Crippen LogP contribution in [0.2, 0.25) is 0 Å². The average molecular weight is 331 g/mol. The van der Waals surface area contributed by atoms with E-state index >= 15 is 0 Å². The number of carbonyl (C=O) groups excluding carboxylic acids is 2. The van der Waals surface area contributed by atoms with Gasteiger partial charge < -0.3 is 20.1 Å². The van der Waals surface area contributed by atoms with Crippen molar-refractivity contribution in [3.8, 4) is 5.75 Å². The number of ether oxygens (including phenoxy) is 2. The molecule has 0 saturated carbocycles. The number of benzene rings is 1. The molecule has 0 heterocycles. The molecular formula is C15H23ClN2O4. The molecule has 0 fully saturated rings. The molecule has 124 valence electrons. The molecule has 0 radical (unpaired) electrons. The van der Waals surface area contributed by atoms with Crippen LogP contribution in [-0.2, 0) is 20.7 Å². The smallest absolute Gasteiger partial charge is 0.310 e. The van der Waals surface area contributed by atoms with E-state index in [1.54, 1.807) is 14.2 Å². The van der Waals surface area contributed by atoms with Gasteiger partial charge in [0.05, 0.1) is 26.7 Å². The number of para-hydroxylation sites is 1. The van der Waals surface area contributed by atoms with Crippen LogP contribution in [0.15, 0.2) is 24.3 Å². The lowest BCUT2D eigenvalue weighted by Crippen LogP contribution is -2.38.